The van der Waals surface area contributed by atoms with Gasteiger partial charge in [-0.05, 0) is 29.7 Å². The van der Waals surface area contributed by atoms with Crippen LogP contribution < -0.4 is 5.32 Å². The van der Waals surface area contributed by atoms with Crippen molar-refractivity contribution in [1.29, 1.82) is 0 Å². The van der Waals surface area contributed by atoms with Crippen molar-refractivity contribution < 1.29 is 4.92 Å². The van der Waals surface area contributed by atoms with E-state index in [0.717, 1.165) is 17.1 Å². The number of anilines is 1. The van der Waals surface area contributed by atoms with Crippen LogP contribution in [0.4, 0.5) is 10.0 Å². The van der Waals surface area contributed by atoms with Gasteiger partial charge in [-0.25, -0.2) is 0 Å². The highest BCUT2D eigenvalue weighted by Crippen LogP contribution is 2.32. The summed E-state index contributed by atoms with van der Waals surface area (Å²) in [6, 6.07) is 1.60. The maximum absolute atomic E-state index is 10.5. The Morgan fingerprint density at radius 3 is 2.71 bits per heavy atom. The Hall–Kier alpha value is -1.10. The largest absolute Gasteiger partial charge is 0.376 e. The second-order valence-electron chi connectivity index (χ2n) is 3.63. The molecule has 0 bridgehead atoms. The molecule has 5 heteroatoms. The first-order valence-electron chi connectivity index (χ1n) is 4.49. The van der Waals surface area contributed by atoms with Crippen LogP contribution in [0, 0.1) is 23.0 Å². The summed E-state index contributed by atoms with van der Waals surface area (Å²) in [5.74, 6) is 0.538. The Morgan fingerprint density at radius 1 is 1.64 bits per heavy atom. The minimum absolute atomic E-state index is 0.203. The Kier molecular flexibility index (Phi) is 3.46. The fourth-order valence-corrected chi connectivity index (χ4v) is 1.92. The standard InChI is InChI=1S/C9H14N2O2S/c1-6(2)5-10-9-7(3)4-8(14-9)11(12)13/h4,6,10H,5H2,1-3H3. The molecule has 0 saturated carbocycles. The summed E-state index contributed by atoms with van der Waals surface area (Å²) >= 11 is 1.20. The molecule has 0 amide bonds. The summed E-state index contributed by atoms with van der Waals surface area (Å²) in [5, 5.41) is 14.8. The van der Waals surface area contributed by atoms with Crippen LogP contribution in [0.3, 0.4) is 0 Å². The predicted octanol–water partition coefficient (Wildman–Crippen LogP) is 3.03. The van der Waals surface area contributed by atoms with Crippen molar-refractivity contribution in [2.24, 2.45) is 5.92 Å². The van der Waals surface area contributed by atoms with Crippen molar-refractivity contribution in [3.05, 3.63) is 21.7 Å². The lowest BCUT2D eigenvalue weighted by Crippen LogP contribution is -2.07. The Balaban J connectivity index is 2.72. The molecular weight excluding hydrogens is 200 g/mol. The van der Waals surface area contributed by atoms with Crippen molar-refractivity contribution >= 4 is 21.3 Å². The quantitative estimate of drug-likeness (QED) is 0.619. The first-order valence-corrected chi connectivity index (χ1v) is 5.31. The van der Waals surface area contributed by atoms with Crippen molar-refractivity contribution in [3.63, 3.8) is 0 Å². The molecule has 0 unspecified atom stereocenters. The normalized spacial score (nSPS) is 10.6. The second kappa shape index (κ2) is 4.41. The number of hydrogen-bond donors (Lipinski definition) is 1. The van der Waals surface area contributed by atoms with Gasteiger partial charge in [0.25, 0.3) is 0 Å². The smallest absolute Gasteiger partial charge is 0.326 e. The van der Waals surface area contributed by atoms with E-state index in [-0.39, 0.29) is 9.92 Å². The zero-order valence-corrected chi connectivity index (χ0v) is 9.35. The van der Waals surface area contributed by atoms with Gasteiger partial charge in [0.05, 0.1) is 9.92 Å². The number of aryl methyl sites for hydroxylation is 1. The van der Waals surface area contributed by atoms with Crippen molar-refractivity contribution in [2.75, 3.05) is 11.9 Å². The summed E-state index contributed by atoms with van der Waals surface area (Å²) in [6.07, 6.45) is 0. The van der Waals surface area contributed by atoms with Crippen LogP contribution in [0.2, 0.25) is 0 Å². The van der Waals surface area contributed by atoms with Gasteiger partial charge in [0, 0.05) is 12.6 Å². The van der Waals surface area contributed by atoms with Gasteiger partial charge in [0.15, 0.2) is 0 Å². The predicted molar refractivity (Wildman–Crippen MR) is 59.0 cm³/mol. The third-order valence-corrected chi connectivity index (χ3v) is 2.90. The second-order valence-corrected chi connectivity index (χ2v) is 4.66. The Bertz CT molecular complexity index is 334. The molecule has 0 spiro atoms. The number of thiophene rings is 1. The van der Waals surface area contributed by atoms with E-state index in [0.29, 0.717) is 5.92 Å². The number of rotatable bonds is 4. The van der Waals surface area contributed by atoms with Gasteiger partial charge in [-0.3, -0.25) is 10.1 Å². The molecule has 1 aromatic rings. The van der Waals surface area contributed by atoms with Crippen LogP contribution >= 0.6 is 11.3 Å². The van der Waals surface area contributed by atoms with Gasteiger partial charge in [-0.1, -0.05) is 13.8 Å². The highest BCUT2D eigenvalue weighted by Gasteiger charge is 2.13. The van der Waals surface area contributed by atoms with Crippen LogP contribution in [-0.2, 0) is 0 Å². The van der Waals surface area contributed by atoms with Crippen molar-refractivity contribution in [3.8, 4) is 0 Å². The molecule has 0 aliphatic rings. The van der Waals surface area contributed by atoms with Crippen LogP contribution in [0.5, 0.6) is 0 Å². The van der Waals surface area contributed by atoms with Gasteiger partial charge in [0.1, 0.15) is 0 Å². The third kappa shape index (κ3) is 2.70. The lowest BCUT2D eigenvalue weighted by Gasteiger charge is -2.06. The molecule has 0 fully saturated rings. The number of nitrogens with zero attached hydrogens (tertiary/aromatic N) is 1. The molecular formula is C9H14N2O2S. The zero-order chi connectivity index (χ0) is 10.7. The molecule has 0 aromatic carbocycles. The zero-order valence-electron chi connectivity index (χ0n) is 8.53. The van der Waals surface area contributed by atoms with Gasteiger partial charge >= 0.3 is 5.00 Å². The van der Waals surface area contributed by atoms with E-state index in [1.54, 1.807) is 6.07 Å². The van der Waals surface area contributed by atoms with Crippen LogP contribution in [-0.4, -0.2) is 11.5 Å². The monoisotopic (exact) mass is 214 g/mol. The SMILES string of the molecule is Cc1cc([N+](=O)[O-])sc1NCC(C)C. The van der Waals surface area contributed by atoms with Gasteiger partial charge in [-0.15, -0.1) is 0 Å². The van der Waals surface area contributed by atoms with Gasteiger partial charge in [0.2, 0.25) is 0 Å². The first-order chi connectivity index (χ1) is 6.50. The van der Waals surface area contributed by atoms with E-state index in [4.69, 9.17) is 0 Å². The van der Waals surface area contributed by atoms with E-state index in [1.807, 2.05) is 6.92 Å². The minimum atomic E-state index is -0.349. The van der Waals surface area contributed by atoms with E-state index in [1.165, 1.54) is 11.3 Å². The van der Waals surface area contributed by atoms with E-state index >= 15 is 0 Å². The Labute approximate surface area is 87.1 Å². The lowest BCUT2D eigenvalue weighted by atomic mass is 10.2. The summed E-state index contributed by atoms with van der Waals surface area (Å²) < 4.78 is 0. The average molecular weight is 214 g/mol. The van der Waals surface area contributed by atoms with Crippen molar-refractivity contribution in [1.82, 2.24) is 0 Å². The number of nitro groups is 1. The molecule has 4 nitrogen and oxygen atoms in total. The first kappa shape index (κ1) is 11.0. The average Bonchev–Trinajstić information content (AvgIpc) is 2.43. The molecule has 0 aliphatic carbocycles. The molecule has 1 heterocycles. The third-order valence-electron chi connectivity index (χ3n) is 1.76. The number of nitrogens with one attached hydrogen (secondary N) is 1. The summed E-state index contributed by atoms with van der Waals surface area (Å²) in [4.78, 5) is 10.1. The highest BCUT2D eigenvalue weighted by molar-refractivity contribution is 7.19. The van der Waals surface area contributed by atoms with Crippen molar-refractivity contribution in [2.45, 2.75) is 20.8 Å². The van der Waals surface area contributed by atoms with E-state index in [2.05, 4.69) is 19.2 Å². The molecule has 0 saturated heterocycles. The molecule has 1 aromatic heterocycles. The Morgan fingerprint density at radius 2 is 2.29 bits per heavy atom. The number of hydrogen-bond acceptors (Lipinski definition) is 4. The fourth-order valence-electron chi connectivity index (χ4n) is 1.03. The molecule has 78 valence electrons. The van der Waals surface area contributed by atoms with E-state index < -0.39 is 0 Å². The van der Waals surface area contributed by atoms with Gasteiger partial charge < -0.3 is 5.32 Å². The molecule has 0 radical (unpaired) electrons. The minimum Gasteiger partial charge on any atom is -0.376 e. The topological polar surface area (TPSA) is 55.2 Å². The highest BCUT2D eigenvalue weighted by atomic mass is 32.1. The maximum atomic E-state index is 10.5. The van der Waals surface area contributed by atoms with Crippen LogP contribution in [0.1, 0.15) is 19.4 Å². The van der Waals surface area contributed by atoms with Crippen LogP contribution in [0.15, 0.2) is 6.07 Å². The van der Waals surface area contributed by atoms with Crippen LogP contribution in [0.25, 0.3) is 0 Å². The van der Waals surface area contributed by atoms with Gasteiger partial charge in [-0.2, -0.15) is 0 Å². The molecule has 0 aliphatic heterocycles. The fraction of sp³-hybridized carbons (Fsp3) is 0.556. The molecule has 0 atom stereocenters. The summed E-state index contributed by atoms with van der Waals surface area (Å²) in [6.45, 7) is 6.93. The molecule has 1 rings (SSSR count). The lowest BCUT2D eigenvalue weighted by molar-refractivity contribution is -0.380. The molecule has 1 N–H and O–H groups in total. The molecule has 14 heavy (non-hydrogen) atoms. The van der Waals surface area contributed by atoms with E-state index in [9.17, 15) is 10.1 Å². The summed E-state index contributed by atoms with van der Waals surface area (Å²) in [5.41, 5.74) is 0.947. The summed E-state index contributed by atoms with van der Waals surface area (Å²) in [7, 11) is 0. The maximum Gasteiger partial charge on any atom is 0.326 e.